The van der Waals surface area contributed by atoms with E-state index >= 15 is 0 Å². The average molecular weight is 381 g/mol. The van der Waals surface area contributed by atoms with Gasteiger partial charge in [0.05, 0.1) is 0 Å². The van der Waals surface area contributed by atoms with Crippen molar-refractivity contribution in [2.75, 3.05) is 61.4 Å². The van der Waals surface area contributed by atoms with Crippen molar-refractivity contribution >= 4 is 23.1 Å². The van der Waals surface area contributed by atoms with Crippen molar-refractivity contribution < 1.29 is 0 Å². The minimum Gasteiger partial charge on any atom is -0.372 e. The molecule has 4 rings (SSSR count). The maximum Gasteiger partial charge on any atom is 0.227 e. The van der Waals surface area contributed by atoms with E-state index in [1.54, 1.807) is 0 Å². The van der Waals surface area contributed by atoms with Gasteiger partial charge in [0, 0.05) is 62.4 Å². The van der Waals surface area contributed by atoms with E-state index in [2.05, 4.69) is 63.2 Å². The van der Waals surface area contributed by atoms with E-state index in [1.165, 1.54) is 18.5 Å². The van der Waals surface area contributed by atoms with E-state index in [1.807, 2.05) is 13.0 Å². The number of benzene rings is 1. The Morgan fingerprint density at radius 2 is 1.57 bits per heavy atom. The SMILES string of the molecule is Cc1cc(Nc2ccc(N3CCC(C)CC3)cc2)nc(N2CCN(C)CC2)n1. The number of piperidine rings is 1. The van der Waals surface area contributed by atoms with Crippen LogP contribution in [-0.2, 0) is 0 Å². The van der Waals surface area contributed by atoms with Crippen LogP contribution in [0.2, 0.25) is 0 Å². The molecular weight excluding hydrogens is 348 g/mol. The highest BCUT2D eigenvalue weighted by Gasteiger charge is 2.18. The topological polar surface area (TPSA) is 47.5 Å². The molecule has 0 saturated carbocycles. The molecule has 2 saturated heterocycles. The third-order valence-electron chi connectivity index (χ3n) is 5.92. The highest BCUT2D eigenvalue weighted by atomic mass is 15.3. The van der Waals surface area contributed by atoms with Crippen LogP contribution in [0.5, 0.6) is 0 Å². The number of aryl methyl sites for hydroxylation is 1. The van der Waals surface area contributed by atoms with Gasteiger partial charge in [0.2, 0.25) is 5.95 Å². The third kappa shape index (κ3) is 4.55. The summed E-state index contributed by atoms with van der Waals surface area (Å²) in [5.41, 5.74) is 3.37. The van der Waals surface area contributed by atoms with Crippen LogP contribution in [0.25, 0.3) is 0 Å². The monoisotopic (exact) mass is 380 g/mol. The van der Waals surface area contributed by atoms with Gasteiger partial charge in [-0.05, 0) is 57.0 Å². The predicted octanol–water partition coefficient (Wildman–Crippen LogP) is 3.52. The molecular formula is C22H32N6. The standard InChI is InChI=1S/C22H32N6/c1-17-8-10-27(11-9-17)20-6-4-19(5-7-20)24-21-16-18(2)23-22(25-21)28-14-12-26(3)13-15-28/h4-7,16-17H,8-15H2,1-3H3,(H,23,24,25). The van der Waals surface area contributed by atoms with Crippen molar-refractivity contribution in [1.29, 1.82) is 0 Å². The molecule has 1 aromatic carbocycles. The number of rotatable bonds is 4. The molecule has 6 nitrogen and oxygen atoms in total. The van der Waals surface area contributed by atoms with Gasteiger partial charge in [-0.2, -0.15) is 4.98 Å². The first kappa shape index (κ1) is 19.0. The molecule has 2 aliphatic rings. The number of likely N-dealkylation sites (N-methyl/N-ethyl adjacent to an activating group) is 1. The second kappa shape index (κ2) is 8.35. The lowest BCUT2D eigenvalue weighted by molar-refractivity contribution is 0.311. The van der Waals surface area contributed by atoms with E-state index in [9.17, 15) is 0 Å². The van der Waals surface area contributed by atoms with E-state index in [4.69, 9.17) is 4.98 Å². The van der Waals surface area contributed by atoms with Crippen molar-refractivity contribution in [1.82, 2.24) is 14.9 Å². The maximum absolute atomic E-state index is 4.77. The summed E-state index contributed by atoms with van der Waals surface area (Å²) >= 11 is 0. The van der Waals surface area contributed by atoms with Gasteiger partial charge < -0.3 is 20.0 Å². The lowest BCUT2D eigenvalue weighted by Crippen LogP contribution is -2.45. The van der Waals surface area contributed by atoms with Gasteiger partial charge in [0.15, 0.2) is 0 Å². The normalized spacial score (nSPS) is 19.1. The first-order valence-electron chi connectivity index (χ1n) is 10.5. The highest BCUT2D eigenvalue weighted by Crippen LogP contribution is 2.26. The number of nitrogens with zero attached hydrogens (tertiary/aromatic N) is 5. The van der Waals surface area contributed by atoms with Crippen molar-refractivity contribution in [3.8, 4) is 0 Å². The van der Waals surface area contributed by atoms with Gasteiger partial charge in [-0.3, -0.25) is 0 Å². The Hall–Kier alpha value is -2.34. The van der Waals surface area contributed by atoms with Gasteiger partial charge >= 0.3 is 0 Å². The summed E-state index contributed by atoms with van der Waals surface area (Å²) in [6.45, 7) is 10.8. The van der Waals surface area contributed by atoms with Crippen molar-refractivity contribution in [3.05, 3.63) is 36.0 Å². The summed E-state index contributed by atoms with van der Waals surface area (Å²) in [6.07, 6.45) is 2.57. The van der Waals surface area contributed by atoms with Crippen LogP contribution in [0.3, 0.4) is 0 Å². The predicted molar refractivity (Wildman–Crippen MR) is 117 cm³/mol. The molecule has 0 radical (unpaired) electrons. The van der Waals surface area contributed by atoms with Crippen LogP contribution in [0.15, 0.2) is 30.3 Å². The second-order valence-corrected chi connectivity index (χ2v) is 8.33. The molecule has 0 amide bonds. The molecule has 28 heavy (non-hydrogen) atoms. The van der Waals surface area contributed by atoms with Crippen LogP contribution < -0.4 is 15.1 Å². The van der Waals surface area contributed by atoms with Crippen LogP contribution >= 0.6 is 0 Å². The summed E-state index contributed by atoms with van der Waals surface area (Å²) in [6, 6.07) is 10.8. The minimum atomic E-state index is 0.828. The average Bonchev–Trinajstić information content (AvgIpc) is 2.69. The van der Waals surface area contributed by atoms with Crippen LogP contribution in [0.4, 0.5) is 23.1 Å². The Kier molecular flexibility index (Phi) is 5.67. The zero-order valence-corrected chi connectivity index (χ0v) is 17.4. The Morgan fingerprint density at radius 1 is 0.893 bits per heavy atom. The van der Waals surface area contributed by atoms with Gasteiger partial charge in [-0.15, -0.1) is 0 Å². The number of aromatic nitrogens is 2. The van der Waals surface area contributed by atoms with Crippen molar-refractivity contribution in [3.63, 3.8) is 0 Å². The molecule has 0 bridgehead atoms. The third-order valence-corrected chi connectivity index (χ3v) is 5.92. The Morgan fingerprint density at radius 3 is 2.25 bits per heavy atom. The van der Waals surface area contributed by atoms with Gasteiger partial charge in [0.25, 0.3) is 0 Å². The fraction of sp³-hybridized carbons (Fsp3) is 0.545. The first-order chi connectivity index (χ1) is 13.6. The molecule has 3 heterocycles. The summed E-state index contributed by atoms with van der Waals surface area (Å²) in [5, 5.41) is 3.46. The zero-order chi connectivity index (χ0) is 19.5. The summed E-state index contributed by atoms with van der Waals surface area (Å²) in [7, 11) is 2.16. The molecule has 0 atom stereocenters. The number of nitrogens with one attached hydrogen (secondary N) is 1. The fourth-order valence-electron chi connectivity index (χ4n) is 3.94. The highest BCUT2D eigenvalue weighted by molar-refractivity contribution is 5.62. The molecule has 2 fully saturated rings. The zero-order valence-electron chi connectivity index (χ0n) is 17.4. The second-order valence-electron chi connectivity index (χ2n) is 8.33. The Labute approximate surface area is 168 Å². The first-order valence-corrected chi connectivity index (χ1v) is 10.5. The lowest BCUT2D eigenvalue weighted by Gasteiger charge is -2.32. The van der Waals surface area contributed by atoms with Crippen molar-refractivity contribution in [2.45, 2.75) is 26.7 Å². The van der Waals surface area contributed by atoms with Crippen LogP contribution in [0.1, 0.15) is 25.5 Å². The fourth-order valence-corrected chi connectivity index (χ4v) is 3.94. The summed E-state index contributed by atoms with van der Waals surface area (Å²) in [5.74, 6) is 2.54. The number of hydrogen-bond donors (Lipinski definition) is 1. The minimum absolute atomic E-state index is 0.828. The van der Waals surface area contributed by atoms with Gasteiger partial charge in [-0.1, -0.05) is 6.92 Å². The summed E-state index contributed by atoms with van der Waals surface area (Å²) < 4.78 is 0. The van der Waals surface area contributed by atoms with Crippen LogP contribution in [-0.4, -0.2) is 61.2 Å². The molecule has 2 aromatic rings. The Bertz CT molecular complexity index is 774. The molecule has 0 spiro atoms. The molecule has 1 N–H and O–H groups in total. The maximum atomic E-state index is 4.77. The molecule has 6 heteroatoms. The quantitative estimate of drug-likeness (QED) is 0.876. The van der Waals surface area contributed by atoms with Gasteiger partial charge in [0.1, 0.15) is 5.82 Å². The Balaban J connectivity index is 1.43. The summed E-state index contributed by atoms with van der Waals surface area (Å²) in [4.78, 5) is 16.5. The number of anilines is 4. The van der Waals surface area contributed by atoms with E-state index in [0.29, 0.717) is 0 Å². The van der Waals surface area contributed by atoms with Crippen molar-refractivity contribution in [2.24, 2.45) is 5.92 Å². The van der Waals surface area contributed by atoms with E-state index in [0.717, 1.165) is 68.3 Å². The smallest absolute Gasteiger partial charge is 0.227 e. The lowest BCUT2D eigenvalue weighted by atomic mass is 9.99. The van der Waals surface area contributed by atoms with Gasteiger partial charge in [-0.25, -0.2) is 4.98 Å². The van der Waals surface area contributed by atoms with Crippen LogP contribution in [0, 0.1) is 12.8 Å². The van der Waals surface area contributed by atoms with E-state index in [-0.39, 0.29) is 0 Å². The number of hydrogen-bond acceptors (Lipinski definition) is 6. The molecule has 150 valence electrons. The molecule has 2 aliphatic heterocycles. The van der Waals surface area contributed by atoms with E-state index < -0.39 is 0 Å². The molecule has 1 aromatic heterocycles. The largest absolute Gasteiger partial charge is 0.372 e. The number of piperazine rings is 1. The molecule has 0 unspecified atom stereocenters. The molecule has 0 aliphatic carbocycles.